The lowest BCUT2D eigenvalue weighted by Gasteiger charge is -2.38. The van der Waals surface area contributed by atoms with E-state index in [9.17, 15) is 0 Å². The second-order valence-corrected chi connectivity index (χ2v) is 5.81. The molecular weight excluding hydrogens is 222 g/mol. The molecule has 3 nitrogen and oxygen atoms in total. The minimum Gasteiger partial charge on any atom is -0.384 e. The Hall–Kier alpha value is -1.09. The highest BCUT2D eigenvalue weighted by atomic mass is 15.0. The molecule has 1 aliphatic heterocycles. The first-order valence-electron chi connectivity index (χ1n) is 7.08. The Morgan fingerprint density at radius 1 is 1.39 bits per heavy atom. The topological polar surface area (TPSA) is 50.9 Å². The number of anilines is 1. The van der Waals surface area contributed by atoms with Crippen LogP contribution in [0.3, 0.4) is 0 Å². The first-order chi connectivity index (χ1) is 8.62. The summed E-state index contributed by atoms with van der Waals surface area (Å²) in [7, 11) is 0. The maximum Gasteiger partial charge on any atom is 0.123 e. The third kappa shape index (κ3) is 3.02. The average molecular weight is 247 g/mol. The molecule has 0 spiro atoms. The first kappa shape index (κ1) is 13.3. The second kappa shape index (κ2) is 5.70. The molecule has 1 aliphatic rings. The van der Waals surface area contributed by atoms with Crippen molar-refractivity contribution in [2.45, 2.75) is 51.5 Å². The highest BCUT2D eigenvalue weighted by Gasteiger charge is 2.33. The third-order valence-electron chi connectivity index (χ3n) is 4.25. The van der Waals surface area contributed by atoms with Gasteiger partial charge in [0.05, 0.1) is 0 Å². The summed E-state index contributed by atoms with van der Waals surface area (Å²) in [5, 5.41) is 3.80. The van der Waals surface area contributed by atoms with Gasteiger partial charge in [0, 0.05) is 11.7 Å². The smallest absolute Gasteiger partial charge is 0.123 e. The van der Waals surface area contributed by atoms with Gasteiger partial charge in [-0.3, -0.25) is 0 Å². The van der Waals surface area contributed by atoms with Gasteiger partial charge in [0.15, 0.2) is 0 Å². The molecule has 1 aromatic heterocycles. The monoisotopic (exact) mass is 247 g/mol. The van der Waals surface area contributed by atoms with E-state index in [1.807, 2.05) is 12.3 Å². The zero-order valence-electron chi connectivity index (χ0n) is 11.6. The molecule has 0 aliphatic carbocycles. The number of nitrogens with zero attached hydrogens (tertiary/aromatic N) is 1. The van der Waals surface area contributed by atoms with Gasteiger partial charge in [0.25, 0.3) is 0 Å². The van der Waals surface area contributed by atoms with Crippen LogP contribution in [0.1, 0.15) is 45.1 Å². The molecule has 1 saturated heterocycles. The number of nitrogens with two attached hydrogens (primary N) is 1. The molecule has 1 fully saturated rings. The number of hydrogen-bond donors (Lipinski definition) is 2. The summed E-state index contributed by atoms with van der Waals surface area (Å²) < 4.78 is 0. The van der Waals surface area contributed by atoms with Gasteiger partial charge in [-0.05, 0) is 49.4 Å². The normalized spacial score (nSPS) is 25.1. The van der Waals surface area contributed by atoms with Gasteiger partial charge >= 0.3 is 0 Å². The molecule has 1 unspecified atom stereocenters. The predicted octanol–water partition coefficient (Wildman–Crippen LogP) is 2.76. The van der Waals surface area contributed by atoms with Crippen molar-refractivity contribution >= 4 is 5.82 Å². The van der Waals surface area contributed by atoms with Gasteiger partial charge in [-0.15, -0.1) is 0 Å². The van der Waals surface area contributed by atoms with Gasteiger partial charge in [-0.2, -0.15) is 0 Å². The molecule has 0 aromatic carbocycles. The van der Waals surface area contributed by atoms with Crippen molar-refractivity contribution < 1.29 is 0 Å². The molecule has 1 atom stereocenters. The summed E-state index contributed by atoms with van der Waals surface area (Å²) in [4.78, 5) is 4.08. The molecule has 0 radical (unpaired) electrons. The molecular formula is C15H25N3. The minimum atomic E-state index is 0.226. The average Bonchev–Trinajstić information content (AvgIpc) is 2.55. The molecule has 18 heavy (non-hydrogen) atoms. The number of nitrogens with one attached hydrogen (secondary N) is 1. The van der Waals surface area contributed by atoms with E-state index in [1.54, 1.807) is 0 Å². The Kier molecular flexibility index (Phi) is 4.23. The summed E-state index contributed by atoms with van der Waals surface area (Å²) in [5.41, 5.74) is 7.31. The summed E-state index contributed by atoms with van der Waals surface area (Å²) in [6.07, 6.45) is 8.10. The SMILES string of the molecule is CC(C)C1(Cc2ccnc(N)c2)CCCCCN1. The quantitative estimate of drug-likeness (QED) is 0.863. The van der Waals surface area contributed by atoms with E-state index in [0.717, 1.165) is 13.0 Å². The molecule has 1 aromatic rings. The lowest BCUT2D eigenvalue weighted by molar-refractivity contribution is 0.226. The predicted molar refractivity (Wildman–Crippen MR) is 76.4 cm³/mol. The van der Waals surface area contributed by atoms with E-state index >= 15 is 0 Å². The molecule has 0 bridgehead atoms. The van der Waals surface area contributed by atoms with Crippen molar-refractivity contribution in [3.63, 3.8) is 0 Å². The summed E-state index contributed by atoms with van der Waals surface area (Å²) in [5.74, 6) is 1.25. The number of hydrogen-bond acceptors (Lipinski definition) is 3. The molecule has 3 heteroatoms. The van der Waals surface area contributed by atoms with Crippen LogP contribution in [0, 0.1) is 5.92 Å². The first-order valence-corrected chi connectivity index (χ1v) is 7.08. The van der Waals surface area contributed by atoms with Gasteiger partial charge < -0.3 is 11.1 Å². The van der Waals surface area contributed by atoms with Crippen LogP contribution >= 0.6 is 0 Å². The van der Waals surface area contributed by atoms with Crippen LogP contribution in [0.5, 0.6) is 0 Å². The Balaban J connectivity index is 2.19. The summed E-state index contributed by atoms with van der Waals surface area (Å²) in [6, 6.07) is 4.10. The van der Waals surface area contributed by atoms with Crippen LogP contribution < -0.4 is 11.1 Å². The van der Waals surface area contributed by atoms with Gasteiger partial charge in [0.2, 0.25) is 0 Å². The lowest BCUT2D eigenvalue weighted by atomic mass is 9.77. The van der Waals surface area contributed by atoms with E-state index in [-0.39, 0.29) is 5.54 Å². The van der Waals surface area contributed by atoms with Gasteiger partial charge in [-0.25, -0.2) is 4.98 Å². The Bertz CT molecular complexity index is 379. The van der Waals surface area contributed by atoms with Gasteiger partial charge in [-0.1, -0.05) is 26.7 Å². The maximum atomic E-state index is 5.78. The van der Waals surface area contributed by atoms with E-state index in [0.29, 0.717) is 11.7 Å². The van der Waals surface area contributed by atoms with Crippen LogP contribution in [-0.2, 0) is 6.42 Å². The molecule has 2 rings (SSSR count). The maximum absolute atomic E-state index is 5.78. The highest BCUT2D eigenvalue weighted by molar-refractivity contribution is 5.33. The number of rotatable bonds is 3. The molecule has 2 heterocycles. The molecule has 3 N–H and O–H groups in total. The Labute approximate surface area is 110 Å². The van der Waals surface area contributed by atoms with Crippen LogP contribution in [0.4, 0.5) is 5.82 Å². The van der Waals surface area contributed by atoms with Crippen LogP contribution in [-0.4, -0.2) is 17.1 Å². The molecule has 0 amide bonds. The number of nitrogen functional groups attached to an aromatic ring is 1. The van der Waals surface area contributed by atoms with Crippen molar-refractivity contribution in [2.24, 2.45) is 5.92 Å². The van der Waals surface area contributed by atoms with E-state index in [1.165, 1.54) is 31.2 Å². The van der Waals surface area contributed by atoms with Crippen molar-refractivity contribution in [3.05, 3.63) is 23.9 Å². The zero-order valence-corrected chi connectivity index (χ0v) is 11.6. The minimum absolute atomic E-state index is 0.226. The standard InChI is InChI=1S/C15H25N3/c1-12(2)15(7-4-3-5-8-18-15)11-13-6-9-17-14(16)10-13/h6,9-10,12,18H,3-5,7-8,11H2,1-2H3,(H2,16,17). The summed E-state index contributed by atoms with van der Waals surface area (Å²) >= 11 is 0. The van der Waals surface area contributed by atoms with Crippen LogP contribution in [0.25, 0.3) is 0 Å². The number of pyridine rings is 1. The van der Waals surface area contributed by atoms with E-state index in [2.05, 4.69) is 30.2 Å². The van der Waals surface area contributed by atoms with Gasteiger partial charge in [0.1, 0.15) is 5.82 Å². The highest BCUT2D eigenvalue weighted by Crippen LogP contribution is 2.30. The Morgan fingerprint density at radius 2 is 2.22 bits per heavy atom. The fourth-order valence-corrected chi connectivity index (χ4v) is 2.98. The zero-order chi connectivity index (χ0) is 13.0. The Morgan fingerprint density at radius 3 is 2.94 bits per heavy atom. The second-order valence-electron chi connectivity index (χ2n) is 5.81. The molecule has 0 saturated carbocycles. The van der Waals surface area contributed by atoms with Crippen LogP contribution in [0.15, 0.2) is 18.3 Å². The molecule has 100 valence electrons. The van der Waals surface area contributed by atoms with Crippen molar-refractivity contribution in [1.82, 2.24) is 10.3 Å². The van der Waals surface area contributed by atoms with E-state index in [4.69, 9.17) is 5.73 Å². The van der Waals surface area contributed by atoms with Crippen molar-refractivity contribution in [3.8, 4) is 0 Å². The number of aromatic nitrogens is 1. The lowest BCUT2D eigenvalue weighted by Crippen LogP contribution is -2.51. The van der Waals surface area contributed by atoms with E-state index < -0.39 is 0 Å². The fraction of sp³-hybridized carbons (Fsp3) is 0.667. The fourth-order valence-electron chi connectivity index (χ4n) is 2.98. The van der Waals surface area contributed by atoms with Crippen molar-refractivity contribution in [2.75, 3.05) is 12.3 Å². The van der Waals surface area contributed by atoms with Crippen molar-refractivity contribution in [1.29, 1.82) is 0 Å². The summed E-state index contributed by atoms with van der Waals surface area (Å²) in [6.45, 7) is 5.78. The largest absolute Gasteiger partial charge is 0.384 e. The third-order valence-corrected chi connectivity index (χ3v) is 4.25. The van der Waals surface area contributed by atoms with Crippen LogP contribution in [0.2, 0.25) is 0 Å².